The first kappa shape index (κ1) is 22.2. The summed E-state index contributed by atoms with van der Waals surface area (Å²) < 4.78 is 17.2. The third-order valence-corrected chi connectivity index (χ3v) is 5.07. The summed E-state index contributed by atoms with van der Waals surface area (Å²) in [6.07, 6.45) is 0. The van der Waals surface area contributed by atoms with Gasteiger partial charge in [-0.15, -0.1) is 0 Å². The van der Waals surface area contributed by atoms with E-state index in [1.165, 1.54) is 0 Å². The third-order valence-electron chi connectivity index (χ3n) is 4.84. The van der Waals surface area contributed by atoms with E-state index >= 15 is 0 Å². The van der Waals surface area contributed by atoms with Crippen LogP contribution in [0.25, 0.3) is 0 Å². The van der Waals surface area contributed by atoms with E-state index in [0.29, 0.717) is 39.3 Å². The molecule has 33 heavy (non-hydrogen) atoms. The number of hydrogen-bond donors (Lipinski definition) is 1. The molecule has 0 aliphatic rings. The van der Waals surface area contributed by atoms with Crippen LogP contribution in [-0.4, -0.2) is 13.0 Å². The van der Waals surface area contributed by atoms with Crippen molar-refractivity contribution in [3.05, 3.63) is 113 Å². The van der Waals surface area contributed by atoms with E-state index in [4.69, 9.17) is 25.8 Å². The van der Waals surface area contributed by atoms with Gasteiger partial charge in [-0.1, -0.05) is 48.0 Å². The summed E-state index contributed by atoms with van der Waals surface area (Å²) in [7, 11) is 1.58. The molecule has 0 bridgehead atoms. The van der Waals surface area contributed by atoms with E-state index < -0.39 is 0 Å². The highest BCUT2D eigenvalue weighted by Crippen LogP contribution is 2.30. The van der Waals surface area contributed by atoms with Crippen molar-refractivity contribution < 1.29 is 19.0 Å². The first-order chi connectivity index (χ1) is 16.1. The SMILES string of the molecule is COc1ccc(C(=O)Nc2ccccc2Oc2ccccc2)cc1COc1cccc(Cl)c1. The number of amides is 1. The van der Waals surface area contributed by atoms with Gasteiger partial charge in [0.15, 0.2) is 5.75 Å². The van der Waals surface area contributed by atoms with Crippen LogP contribution in [-0.2, 0) is 6.61 Å². The number of anilines is 1. The van der Waals surface area contributed by atoms with Crippen molar-refractivity contribution >= 4 is 23.2 Å². The Morgan fingerprint density at radius 3 is 2.36 bits per heavy atom. The van der Waals surface area contributed by atoms with Gasteiger partial charge in [0.2, 0.25) is 0 Å². The first-order valence-electron chi connectivity index (χ1n) is 10.3. The standard InChI is InChI=1S/C27H22ClNO4/c1-31-25-15-14-19(16-20(25)18-32-23-11-7-8-21(28)17-23)27(30)29-24-12-5-6-13-26(24)33-22-9-3-2-4-10-22/h2-17H,18H2,1H3,(H,29,30). The van der Waals surface area contributed by atoms with Gasteiger partial charge in [0, 0.05) is 16.1 Å². The van der Waals surface area contributed by atoms with Gasteiger partial charge < -0.3 is 19.5 Å². The predicted molar refractivity (Wildman–Crippen MR) is 130 cm³/mol. The largest absolute Gasteiger partial charge is 0.496 e. The maximum absolute atomic E-state index is 13.0. The zero-order valence-corrected chi connectivity index (χ0v) is 18.7. The number of carbonyl (C=O) groups is 1. The monoisotopic (exact) mass is 459 g/mol. The van der Waals surface area contributed by atoms with E-state index in [1.807, 2.05) is 54.6 Å². The Hall–Kier alpha value is -3.96. The molecule has 4 aromatic carbocycles. The summed E-state index contributed by atoms with van der Waals surface area (Å²) in [6, 6.07) is 29.0. The van der Waals surface area contributed by atoms with Crippen LogP contribution in [0.15, 0.2) is 97.1 Å². The molecule has 0 aliphatic carbocycles. The molecule has 5 nitrogen and oxygen atoms in total. The summed E-state index contributed by atoms with van der Waals surface area (Å²) in [6.45, 7) is 0.221. The highest BCUT2D eigenvalue weighted by atomic mass is 35.5. The van der Waals surface area contributed by atoms with Crippen molar-refractivity contribution in [1.29, 1.82) is 0 Å². The van der Waals surface area contributed by atoms with Crippen LogP contribution >= 0.6 is 11.6 Å². The number of ether oxygens (including phenoxy) is 3. The third kappa shape index (κ3) is 5.84. The molecule has 0 aromatic heterocycles. The Bertz CT molecular complexity index is 1240. The van der Waals surface area contributed by atoms with Crippen molar-refractivity contribution in [2.24, 2.45) is 0 Å². The number of methoxy groups -OCH3 is 1. The maximum Gasteiger partial charge on any atom is 0.255 e. The molecule has 0 unspecified atom stereocenters. The quantitative estimate of drug-likeness (QED) is 0.309. The van der Waals surface area contributed by atoms with Crippen molar-refractivity contribution in [1.82, 2.24) is 0 Å². The molecule has 0 heterocycles. The minimum Gasteiger partial charge on any atom is -0.496 e. The summed E-state index contributed by atoms with van der Waals surface area (Å²) in [5.74, 6) is 2.22. The lowest BCUT2D eigenvalue weighted by molar-refractivity contribution is 0.102. The molecule has 4 aromatic rings. The second-order valence-electron chi connectivity index (χ2n) is 7.14. The van der Waals surface area contributed by atoms with E-state index in [0.717, 1.165) is 5.56 Å². The summed E-state index contributed by atoms with van der Waals surface area (Å²) in [5, 5.41) is 3.52. The van der Waals surface area contributed by atoms with Gasteiger partial charge in [-0.05, 0) is 60.7 Å². The minimum absolute atomic E-state index is 0.221. The van der Waals surface area contributed by atoms with Gasteiger partial charge in [0.1, 0.15) is 23.9 Å². The van der Waals surface area contributed by atoms with Crippen molar-refractivity contribution in [3.8, 4) is 23.0 Å². The first-order valence-corrected chi connectivity index (χ1v) is 10.7. The summed E-state index contributed by atoms with van der Waals surface area (Å²) >= 11 is 6.02. The number of carbonyl (C=O) groups excluding carboxylic acids is 1. The van der Waals surface area contributed by atoms with E-state index in [2.05, 4.69) is 5.32 Å². The lowest BCUT2D eigenvalue weighted by atomic mass is 10.1. The van der Waals surface area contributed by atoms with E-state index in [9.17, 15) is 4.79 Å². The second kappa shape index (κ2) is 10.6. The molecule has 0 aliphatic heterocycles. The molecule has 0 saturated carbocycles. The van der Waals surface area contributed by atoms with Gasteiger partial charge >= 0.3 is 0 Å². The molecule has 4 rings (SSSR count). The zero-order valence-electron chi connectivity index (χ0n) is 18.0. The molecule has 1 N–H and O–H groups in total. The average molecular weight is 460 g/mol. The van der Waals surface area contributed by atoms with Crippen LogP contribution in [0.5, 0.6) is 23.0 Å². The van der Waals surface area contributed by atoms with E-state index in [-0.39, 0.29) is 12.5 Å². The van der Waals surface area contributed by atoms with Gasteiger partial charge in [0.25, 0.3) is 5.91 Å². The number of benzene rings is 4. The molecule has 0 fully saturated rings. The second-order valence-corrected chi connectivity index (χ2v) is 7.57. The fraction of sp³-hybridized carbons (Fsp3) is 0.0741. The Kier molecular flexibility index (Phi) is 7.12. The zero-order chi connectivity index (χ0) is 23.0. The van der Waals surface area contributed by atoms with E-state index in [1.54, 1.807) is 49.6 Å². The van der Waals surface area contributed by atoms with Gasteiger partial charge in [-0.2, -0.15) is 0 Å². The lowest BCUT2D eigenvalue weighted by Crippen LogP contribution is -2.13. The topological polar surface area (TPSA) is 56.8 Å². The van der Waals surface area contributed by atoms with Crippen LogP contribution < -0.4 is 19.5 Å². The highest BCUT2D eigenvalue weighted by molar-refractivity contribution is 6.30. The fourth-order valence-corrected chi connectivity index (χ4v) is 3.40. The number of hydrogen-bond acceptors (Lipinski definition) is 4. The fourth-order valence-electron chi connectivity index (χ4n) is 3.22. The molecule has 166 valence electrons. The molecular formula is C27H22ClNO4. The van der Waals surface area contributed by atoms with Crippen LogP contribution in [0.1, 0.15) is 15.9 Å². The number of halogens is 1. The van der Waals surface area contributed by atoms with Crippen LogP contribution in [0.4, 0.5) is 5.69 Å². The van der Waals surface area contributed by atoms with Crippen LogP contribution in [0.3, 0.4) is 0 Å². The average Bonchev–Trinajstić information content (AvgIpc) is 2.84. The normalized spacial score (nSPS) is 10.4. The smallest absolute Gasteiger partial charge is 0.255 e. The Morgan fingerprint density at radius 2 is 1.58 bits per heavy atom. The maximum atomic E-state index is 13.0. The molecule has 6 heteroatoms. The summed E-state index contributed by atoms with van der Waals surface area (Å²) in [5.41, 5.74) is 1.77. The predicted octanol–water partition coefficient (Wildman–Crippen LogP) is 6.97. The number of nitrogens with one attached hydrogen (secondary N) is 1. The van der Waals surface area contributed by atoms with Crippen LogP contribution in [0, 0.1) is 0 Å². The molecule has 0 saturated heterocycles. The van der Waals surface area contributed by atoms with Gasteiger partial charge in [0.05, 0.1) is 12.8 Å². The lowest BCUT2D eigenvalue weighted by Gasteiger charge is -2.14. The Morgan fingerprint density at radius 1 is 0.818 bits per heavy atom. The number of rotatable bonds is 8. The molecule has 0 radical (unpaired) electrons. The Labute approximate surface area is 197 Å². The van der Waals surface area contributed by atoms with Crippen molar-refractivity contribution in [2.45, 2.75) is 6.61 Å². The van der Waals surface area contributed by atoms with Crippen LogP contribution in [0.2, 0.25) is 5.02 Å². The molecule has 0 spiro atoms. The van der Waals surface area contributed by atoms with Gasteiger partial charge in [-0.3, -0.25) is 4.79 Å². The van der Waals surface area contributed by atoms with Crippen molar-refractivity contribution in [2.75, 3.05) is 12.4 Å². The molecular weight excluding hydrogens is 438 g/mol. The Balaban J connectivity index is 1.51. The van der Waals surface area contributed by atoms with Gasteiger partial charge in [-0.25, -0.2) is 0 Å². The minimum atomic E-state index is -0.272. The molecule has 1 amide bonds. The van der Waals surface area contributed by atoms with Crippen molar-refractivity contribution in [3.63, 3.8) is 0 Å². The number of para-hydroxylation sites is 3. The highest BCUT2D eigenvalue weighted by Gasteiger charge is 2.14. The molecule has 0 atom stereocenters. The summed E-state index contributed by atoms with van der Waals surface area (Å²) in [4.78, 5) is 13.0.